The normalized spacial score (nSPS) is 22.3. The molecule has 1 aromatic heterocycles. The minimum absolute atomic E-state index is 0.115. The van der Waals surface area contributed by atoms with Crippen molar-refractivity contribution in [2.45, 2.75) is 58.0 Å². The fraction of sp³-hybridized carbons (Fsp3) is 0.786. The van der Waals surface area contributed by atoms with Gasteiger partial charge in [-0.3, -0.25) is 10.00 Å². The van der Waals surface area contributed by atoms with Gasteiger partial charge in [-0.25, -0.2) is 0 Å². The Morgan fingerprint density at radius 1 is 1.44 bits per heavy atom. The highest BCUT2D eigenvalue weighted by Crippen LogP contribution is 2.22. The molecule has 18 heavy (non-hydrogen) atoms. The number of piperidine rings is 1. The number of aromatic amines is 1. The van der Waals surface area contributed by atoms with Crippen LogP contribution < -0.4 is 5.73 Å². The molecular formula is C14H26N4. The van der Waals surface area contributed by atoms with Gasteiger partial charge in [-0.05, 0) is 25.5 Å². The molecule has 1 atom stereocenters. The minimum atomic E-state index is 0.115. The zero-order chi connectivity index (χ0) is 13.2. The van der Waals surface area contributed by atoms with Gasteiger partial charge in [0.1, 0.15) is 0 Å². The van der Waals surface area contributed by atoms with E-state index < -0.39 is 0 Å². The summed E-state index contributed by atoms with van der Waals surface area (Å²) in [5.41, 5.74) is 8.32. The highest BCUT2D eigenvalue weighted by atomic mass is 15.2. The van der Waals surface area contributed by atoms with Crippen LogP contribution in [0.1, 0.15) is 51.4 Å². The molecule has 4 nitrogen and oxygen atoms in total. The standard InChI is InChI=1S/C14H26N4/c1-14(2,3)13-8-11(16-17-13)10-18-7-5-4-6-12(18)9-15/h8,12H,4-7,9-10,15H2,1-3H3,(H,16,17)/t12-/m1/s1. The van der Waals surface area contributed by atoms with Crippen LogP contribution in [0, 0.1) is 0 Å². The molecule has 0 aromatic carbocycles. The maximum absolute atomic E-state index is 5.85. The van der Waals surface area contributed by atoms with Gasteiger partial charge in [0.05, 0.1) is 5.69 Å². The quantitative estimate of drug-likeness (QED) is 0.863. The summed E-state index contributed by atoms with van der Waals surface area (Å²) in [6, 6.07) is 2.74. The summed E-state index contributed by atoms with van der Waals surface area (Å²) in [6.45, 7) is 9.44. The summed E-state index contributed by atoms with van der Waals surface area (Å²) in [4.78, 5) is 2.49. The topological polar surface area (TPSA) is 57.9 Å². The summed E-state index contributed by atoms with van der Waals surface area (Å²) >= 11 is 0. The van der Waals surface area contributed by atoms with Crippen LogP contribution in [0.5, 0.6) is 0 Å². The summed E-state index contributed by atoms with van der Waals surface area (Å²) in [6.07, 6.45) is 3.84. The van der Waals surface area contributed by atoms with Gasteiger partial charge in [-0.15, -0.1) is 0 Å². The number of hydrogen-bond donors (Lipinski definition) is 2. The highest BCUT2D eigenvalue weighted by Gasteiger charge is 2.23. The second-order valence-corrected chi connectivity index (χ2v) is 6.38. The molecule has 1 aliphatic heterocycles. The first-order valence-electron chi connectivity index (χ1n) is 6.99. The highest BCUT2D eigenvalue weighted by molar-refractivity contribution is 5.16. The van der Waals surface area contributed by atoms with Gasteiger partial charge < -0.3 is 5.73 Å². The third kappa shape index (κ3) is 3.12. The Morgan fingerprint density at radius 2 is 2.22 bits per heavy atom. The van der Waals surface area contributed by atoms with Gasteiger partial charge >= 0.3 is 0 Å². The number of nitrogens with two attached hydrogens (primary N) is 1. The lowest BCUT2D eigenvalue weighted by Gasteiger charge is -2.34. The van der Waals surface area contributed by atoms with E-state index >= 15 is 0 Å². The van der Waals surface area contributed by atoms with Crippen molar-refractivity contribution in [1.29, 1.82) is 0 Å². The minimum Gasteiger partial charge on any atom is -0.329 e. The van der Waals surface area contributed by atoms with E-state index in [0.717, 1.165) is 25.3 Å². The predicted octanol–water partition coefficient (Wildman–Crippen LogP) is 2.02. The van der Waals surface area contributed by atoms with Gasteiger partial charge in [0, 0.05) is 30.2 Å². The molecule has 4 heteroatoms. The van der Waals surface area contributed by atoms with E-state index in [4.69, 9.17) is 5.73 Å². The van der Waals surface area contributed by atoms with Crippen LogP contribution in [0.2, 0.25) is 0 Å². The fourth-order valence-electron chi connectivity index (χ4n) is 2.58. The van der Waals surface area contributed by atoms with E-state index in [1.807, 2.05) is 0 Å². The van der Waals surface area contributed by atoms with Crippen molar-refractivity contribution in [3.05, 3.63) is 17.5 Å². The molecule has 0 amide bonds. The molecule has 0 spiro atoms. The second kappa shape index (κ2) is 5.41. The zero-order valence-corrected chi connectivity index (χ0v) is 11.9. The average molecular weight is 250 g/mol. The number of aromatic nitrogens is 2. The van der Waals surface area contributed by atoms with Gasteiger partial charge in [0.2, 0.25) is 0 Å². The Hall–Kier alpha value is -0.870. The maximum Gasteiger partial charge on any atom is 0.0678 e. The molecule has 0 aliphatic carbocycles. The van der Waals surface area contributed by atoms with Crippen LogP contribution in [0.25, 0.3) is 0 Å². The van der Waals surface area contributed by atoms with Gasteiger partial charge in [-0.1, -0.05) is 27.2 Å². The molecular weight excluding hydrogens is 224 g/mol. The average Bonchev–Trinajstić information content (AvgIpc) is 2.78. The van der Waals surface area contributed by atoms with Crippen LogP contribution in [0.15, 0.2) is 6.07 Å². The van der Waals surface area contributed by atoms with E-state index in [9.17, 15) is 0 Å². The molecule has 1 aromatic rings. The monoisotopic (exact) mass is 250 g/mol. The number of nitrogens with one attached hydrogen (secondary N) is 1. The molecule has 2 heterocycles. The summed E-state index contributed by atoms with van der Waals surface area (Å²) in [7, 11) is 0. The van der Waals surface area contributed by atoms with Crippen molar-refractivity contribution in [2.75, 3.05) is 13.1 Å². The number of H-pyrrole nitrogens is 1. The molecule has 102 valence electrons. The number of likely N-dealkylation sites (tertiary alicyclic amines) is 1. The summed E-state index contributed by atoms with van der Waals surface area (Å²) < 4.78 is 0. The SMILES string of the molecule is CC(C)(C)c1cc(CN2CCCC[C@@H]2CN)[nH]n1. The fourth-order valence-corrected chi connectivity index (χ4v) is 2.58. The van der Waals surface area contributed by atoms with Crippen LogP contribution in [-0.4, -0.2) is 34.2 Å². The Kier molecular flexibility index (Phi) is 4.07. The lowest BCUT2D eigenvalue weighted by atomic mass is 9.92. The molecule has 2 rings (SSSR count). The third-order valence-electron chi connectivity index (χ3n) is 3.79. The molecule has 1 fully saturated rings. The Labute approximate surface area is 110 Å². The van der Waals surface area contributed by atoms with Crippen molar-refractivity contribution >= 4 is 0 Å². The smallest absolute Gasteiger partial charge is 0.0678 e. The molecule has 0 bridgehead atoms. The van der Waals surface area contributed by atoms with Crippen molar-refractivity contribution in [1.82, 2.24) is 15.1 Å². The van der Waals surface area contributed by atoms with Crippen LogP contribution in [-0.2, 0) is 12.0 Å². The van der Waals surface area contributed by atoms with Crippen LogP contribution in [0.4, 0.5) is 0 Å². The van der Waals surface area contributed by atoms with Crippen molar-refractivity contribution in [2.24, 2.45) is 5.73 Å². The molecule has 1 saturated heterocycles. The van der Waals surface area contributed by atoms with E-state index in [-0.39, 0.29) is 5.41 Å². The summed E-state index contributed by atoms with van der Waals surface area (Å²) in [5, 5.41) is 7.59. The zero-order valence-electron chi connectivity index (χ0n) is 11.9. The summed E-state index contributed by atoms with van der Waals surface area (Å²) in [5.74, 6) is 0. The van der Waals surface area contributed by atoms with E-state index in [0.29, 0.717) is 6.04 Å². The van der Waals surface area contributed by atoms with E-state index in [2.05, 4.69) is 41.9 Å². The Balaban J connectivity index is 2.02. The van der Waals surface area contributed by atoms with Crippen LogP contribution >= 0.6 is 0 Å². The molecule has 0 unspecified atom stereocenters. The van der Waals surface area contributed by atoms with E-state index in [1.54, 1.807) is 0 Å². The second-order valence-electron chi connectivity index (χ2n) is 6.38. The molecule has 0 saturated carbocycles. The van der Waals surface area contributed by atoms with Crippen LogP contribution in [0.3, 0.4) is 0 Å². The number of rotatable bonds is 3. The van der Waals surface area contributed by atoms with E-state index in [1.165, 1.54) is 25.0 Å². The first kappa shape index (κ1) is 13.6. The predicted molar refractivity (Wildman–Crippen MR) is 74.4 cm³/mol. The number of nitrogens with zero attached hydrogens (tertiary/aromatic N) is 2. The number of hydrogen-bond acceptors (Lipinski definition) is 3. The van der Waals surface area contributed by atoms with Crippen molar-refractivity contribution in [3.63, 3.8) is 0 Å². The van der Waals surface area contributed by atoms with Crippen molar-refractivity contribution in [3.8, 4) is 0 Å². The van der Waals surface area contributed by atoms with Gasteiger partial charge in [-0.2, -0.15) is 5.10 Å². The van der Waals surface area contributed by atoms with Gasteiger partial charge in [0.15, 0.2) is 0 Å². The van der Waals surface area contributed by atoms with Gasteiger partial charge in [0.25, 0.3) is 0 Å². The Morgan fingerprint density at radius 3 is 2.83 bits per heavy atom. The molecule has 1 aliphatic rings. The lowest BCUT2D eigenvalue weighted by molar-refractivity contribution is 0.143. The third-order valence-corrected chi connectivity index (χ3v) is 3.79. The first-order valence-corrected chi connectivity index (χ1v) is 6.99. The maximum atomic E-state index is 5.85. The molecule has 0 radical (unpaired) electrons. The van der Waals surface area contributed by atoms with Crippen molar-refractivity contribution < 1.29 is 0 Å². The lowest BCUT2D eigenvalue weighted by Crippen LogP contribution is -2.43. The Bertz CT molecular complexity index is 377. The molecule has 3 N–H and O–H groups in total. The first-order chi connectivity index (χ1) is 8.50. The largest absolute Gasteiger partial charge is 0.329 e.